The summed E-state index contributed by atoms with van der Waals surface area (Å²) in [4.78, 5) is 38.0. The van der Waals surface area contributed by atoms with Crippen LogP contribution in [-0.2, 0) is 28.6 Å². The van der Waals surface area contributed by atoms with Crippen molar-refractivity contribution in [1.29, 1.82) is 0 Å². The van der Waals surface area contributed by atoms with E-state index >= 15 is 0 Å². The van der Waals surface area contributed by atoms with E-state index in [1.54, 1.807) is 0 Å². The van der Waals surface area contributed by atoms with E-state index in [1.807, 2.05) is 0 Å². The van der Waals surface area contributed by atoms with Gasteiger partial charge in [0.05, 0.1) is 0 Å². The number of hydrogen-bond acceptors (Lipinski definition) is 6. The van der Waals surface area contributed by atoms with E-state index in [1.165, 1.54) is 154 Å². The molecule has 0 spiro atoms. The molecule has 6 heteroatoms. The smallest absolute Gasteiger partial charge is 0.306 e. The predicted molar refractivity (Wildman–Crippen MR) is 270 cm³/mol. The molecule has 0 bridgehead atoms. The van der Waals surface area contributed by atoms with Gasteiger partial charge in [0.2, 0.25) is 0 Å². The molecular formula is C57H104O6. The van der Waals surface area contributed by atoms with Crippen LogP contribution in [0.15, 0.2) is 36.5 Å². The second-order valence-electron chi connectivity index (χ2n) is 18.5. The number of esters is 3. The molecule has 1 atom stereocenters. The highest BCUT2D eigenvalue weighted by molar-refractivity contribution is 5.71. The fourth-order valence-electron chi connectivity index (χ4n) is 7.95. The normalized spacial score (nSPS) is 12.2. The molecule has 0 aromatic carbocycles. The predicted octanol–water partition coefficient (Wildman–Crippen LogP) is 18.1. The van der Waals surface area contributed by atoms with E-state index in [-0.39, 0.29) is 31.1 Å². The minimum absolute atomic E-state index is 0.0775. The number of ether oxygens (including phenoxy) is 3. The summed E-state index contributed by atoms with van der Waals surface area (Å²) in [7, 11) is 0. The second-order valence-corrected chi connectivity index (χ2v) is 18.5. The van der Waals surface area contributed by atoms with Gasteiger partial charge in [-0.2, -0.15) is 0 Å². The molecular weight excluding hydrogens is 781 g/mol. The molecule has 0 aromatic heterocycles. The maximum Gasteiger partial charge on any atom is 0.306 e. The Kier molecular flexibility index (Phi) is 50.3. The third kappa shape index (κ3) is 50.5. The Labute approximate surface area is 391 Å². The van der Waals surface area contributed by atoms with Crippen LogP contribution in [0.4, 0.5) is 0 Å². The molecule has 0 aliphatic carbocycles. The maximum absolute atomic E-state index is 12.8. The van der Waals surface area contributed by atoms with Crippen LogP contribution in [0.5, 0.6) is 0 Å². The first kappa shape index (κ1) is 60.6. The number of unbranched alkanes of at least 4 members (excludes halogenated alkanes) is 33. The van der Waals surface area contributed by atoms with Gasteiger partial charge in [0.1, 0.15) is 13.2 Å². The average Bonchev–Trinajstić information content (AvgIpc) is 3.28. The fraction of sp³-hybridized carbons (Fsp3) is 0.842. The van der Waals surface area contributed by atoms with Crippen LogP contribution in [-0.4, -0.2) is 37.2 Å². The van der Waals surface area contributed by atoms with E-state index in [4.69, 9.17) is 14.2 Å². The fourth-order valence-corrected chi connectivity index (χ4v) is 7.95. The van der Waals surface area contributed by atoms with Gasteiger partial charge in [0.15, 0.2) is 6.10 Å². The lowest BCUT2D eigenvalue weighted by molar-refractivity contribution is -0.167. The van der Waals surface area contributed by atoms with Crippen molar-refractivity contribution in [2.45, 2.75) is 297 Å². The number of allylic oxidation sites excluding steroid dienone is 6. The second kappa shape index (κ2) is 52.3. The van der Waals surface area contributed by atoms with Gasteiger partial charge in [-0.15, -0.1) is 0 Å². The topological polar surface area (TPSA) is 78.9 Å². The highest BCUT2D eigenvalue weighted by Crippen LogP contribution is 2.16. The number of rotatable bonds is 50. The molecule has 0 fully saturated rings. The van der Waals surface area contributed by atoms with E-state index in [0.717, 1.165) is 96.3 Å². The Hall–Kier alpha value is -2.37. The number of carbonyl (C=O) groups excluding carboxylic acids is 3. The van der Waals surface area contributed by atoms with Gasteiger partial charge in [0, 0.05) is 19.3 Å². The van der Waals surface area contributed by atoms with Crippen molar-refractivity contribution in [2.75, 3.05) is 13.2 Å². The minimum atomic E-state index is -0.779. The van der Waals surface area contributed by atoms with Crippen LogP contribution in [0.3, 0.4) is 0 Å². The summed E-state index contributed by atoms with van der Waals surface area (Å²) in [6.45, 7) is 6.56. The summed E-state index contributed by atoms with van der Waals surface area (Å²) in [6, 6.07) is 0. The lowest BCUT2D eigenvalue weighted by Crippen LogP contribution is -2.30. The Morgan fingerprint density at radius 2 is 0.603 bits per heavy atom. The van der Waals surface area contributed by atoms with Crippen LogP contribution in [0.1, 0.15) is 290 Å². The Morgan fingerprint density at radius 1 is 0.317 bits per heavy atom. The van der Waals surface area contributed by atoms with Gasteiger partial charge in [-0.05, 0) is 70.6 Å². The van der Waals surface area contributed by atoms with Crippen molar-refractivity contribution in [2.24, 2.45) is 0 Å². The van der Waals surface area contributed by atoms with Crippen LogP contribution < -0.4 is 0 Å². The van der Waals surface area contributed by atoms with E-state index in [2.05, 4.69) is 57.2 Å². The summed E-state index contributed by atoms with van der Waals surface area (Å²) in [5.41, 5.74) is 0. The first-order valence-corrected chi connectivity index (χ1v) is 27.5. The zero-order chi connectivity index (χ0) is 45.8. The standard InChI is InChI=1S/C57H104O6/c1-4-7-10-13-16-19-22-24-26-27-28-29-30-32-33-35-38-41-44-47-50-56(59)62-53-54(52-61-55(58)49-46-43-40-37-21-18-15-12-9-6-3)63-57(60)51-48-45-42-39-36-34-31-25-23-20-17-14-11-8-5-2/h12,15,17,20,25,31,54H,4-11,13-14,16,18-19,21-24,26-30,32-53H2,1-3H3/b15-12-,20-17-,31-25-. The van der Waals surface area contributed by atoms with Crippen molar-refractivity contribution in [3.63, 3.8) is 0 Å². The Bertz CT molecular complexity index is 1060. The minimum Gasteiger partial charge on any atom is -0.462 e. The number of hydrogen-bond donors (Lipinski definition) is 0. The van der Waals surface area contributed by atoms with Crippen molar-refractivity contribution >= 4 is 17.9 Å². The summed E-state index contributed by atoms with van der Waals surface area (Å²) in [5, 5.41) is 0. The first-order chi connectivity index (χ1) is 31.0. The maximum atomic E-state index is 12.8. The van der Waals surface area contributed by atoms with Crippen LogP contribution in [0.2, 0.25) is 0 Å². The van der Waals surface area contributed by atoms with E-state index < -0.39 is 6.10 Å². The van der Waals surface area contributed by atoms with Gasteiger partial charge >= 0.3 is 17.9 Å². The molecule has 0 saturated carbocycles. The summed E-state index contributed by atoms with van der Waals surface area (Å²) >= 11 is 0. The molecule has 63 heavy (non-hydrogen) atoms. The van der Waals surface area contributed by atoms with Gasteiger partial charge in [-0.1, -0.05) is 237 Å². The van der Waals surface area contributed by atoms with Crippen LogP contribution >= 0.6 is 0 Å². The lowest BCUT2D eigenvalue weighted by atomic mass is 10.0. The summed E-state index contributed by atoms with van der Waals surface area (Å²) in [6.07, 6.45) is 61.4. The first-order valence-electron chi connectivity index (χ1n) is 27.5. The highest BCUT2D eigenvalue weighted by atomic mass is 16.6. The molecule has 0 aliphatic heterocycles. The monoisotopic (exact) mass is 885 g/mol. The molecule has 6 nitrogen and oxygen atoms in total. The summed E-state index contributed by atoms with van der Waals surface area (Å²) in [5.74, 6) is -0.890. The quantitative estimate of drug-likeness (QED) is 0.0262. The molecule has 0 saturated heterocycles. The lowest BCUT2D eigenvalue weighted by Gasteiger charge is -2.18. The molecule has 0 aromatic rings. The van der Waals surface area contributed by atoms with Gasteiger partial charge in [-0.25, -0.2) is 0 Å². The van der Waals surface area contributed by atoms with Gasteiger partial charge in [0.25, 0.3) is 0 Å². The van der Waals surface area contributed by atoms with Crippen LogP contribution in [0.25, 0.3) is 0 Å². The Morgan fingerprint density at radius 3 is 0.984 bits per heavy atom. The molecule has 368 valence electrons. The van der Waals surface area contributed by atoms with E-state index in [9.17, 15) is 14.4 Å². The largest absolute Gasteiger partial charge is 0.462 e. The van der Waals surface area contributed by atoms with Crippen LogP contribution in [0, 0.1) is 0 Å². The van der Waals surface area contributed by atoms with Gasteiger partial charge in [-0.3, -0.25) is 14.4 Å². The van der Waals surface area contributed by atoms with Crippen molar-refractivity contribution < 1.29 is 28.6 Å². The average molecular weight is 885 g/mol. The van der Waals surface area contributed by atoms with E-state index in [0.29, 0.717) is 19.3 Å². The van der Waals surface area contributed by atoms with Crippen molar-refractivity contribution in [3.8, 4) is 0 Å². The van der Waals surface area contributed by atoms with Crippen molar-refractivity contribution in [3.05, 3.63) is 36.5 Å². The molecule has 0 amide bonds. The zero-order valence-corrected chi connectivity index (χ0v) is 42.1. The molecule has 1 unspecified atom stereocenters. The highest BCUT2D eigenvalue weighted by Gasteiger charge is 2.19. The summed E-state index contributed by atoms with van der Waals surface area (Å²) < 4.78 is 16.8. The third-order valence-electron chi connectivity index (χ3n) is 12.1. The van der Waals surface area contributed by atoms with Gasteiger partial charge < -0.3 is 14.2 Å². The molecule has 0 aliphatic rings. The Balaban J connectivity index is 4.27. The molecule has 0 N–H and O–H groups in total. The van der Waals surface area contributed by atoms with Crippen molar-refractivity contribution in [1.82, 2.24) is 0 Å². The molecule has 0 heterocycles. The number of carbonyl (C=O) groups is 3. The molecule has 0 rings (SSSR count). The zero-order valence-electron chi connectivity index (χ0n) is 42.1. The third-order valence-corrected chi connectivity index (χ3v) is 12.1. The molecule has 0 radical (unpaired) electrons. The SMILES string of the molecule is CCC/C=C\CCCCCCCC(=O)OCC(COC(=O)CCCCCCCCCCCCCCCCCCCCCC)OC(=O)CCCCCCC/C=C\C/C=C\CCCCC.